The van der Waals surface area contributed by atoms with Crippen molar-refractivity contribution in [2.75, 3.05) is 0 Å². The van der Waals surface area contributed by atoms with Crippen LogP contribution in [0.15, 0.2) is 24.3 Å². The maximum atomic E-state index is 13.0. The first kappa shape index (κ1) is 13.2. The van der Waals surface area contributed by atoms with E-state index in [2.05, 4.69) is 0 Å². The van der Waals surface area contributed by atoms with Crippen molar-refractivity contribution in [3.8, 4) is 0 Å². The number of hydrogen-bond donors (Lipinski definition) is 1. The summed E-state index contributed by atoms with van der Waals surface area (Å²) < 4.78 is 13.0. The van der Waals surface area contributed by atoms with Gasteiger partial charge in [0.25, 0.3) is 0 Å². The molecule has 0 spiro atoms. The molecule has 3 heteroatoms. The molecule has 0 aromatic heterocycles. The minimum absolute atomic E-state index is 0.0970. The summed E-state index contributed by atoms with van der Waals surface area (Å²) in [7, 11) is 0. The van der Waals surface area contributed by atoms with E-state index in [9.17, 15) is 14.3 Å². The third kappa shape index (κ3) is 3.39. The highest BCUT2D eigenvalue weighted by Crippen LogP contribution is 2.27. The van der Waals surface area contributed by atoms with Gasteiger partial charge >= 0.3 is 0 Å². The van der Waals surface area contributed by atoms with E-state index < -0.39 is 6.10 Å². The number of benzene rings is 1. The summed E-state index contributed by atoms with van der Waals surface area (Å²) in [6, 6.07) is 6.01. The van der Waals surface area contributed by atoms with E-state index in [0.717, 1.165) is 25.7 Å². The number of carbonyl (C=O) groups is 1. The molecule has 0 radical (unpaired) electrons. The highest BCUT2D eigenvalue weighted by molar-refractivity contribution is 5.85. The van der Waals surface area contributed by atoms with Crippen LogP contribution < -0.4 is 0 Å². The van der Waals surface area contributed by atoms with Crippen LogP contribution in [0, 0.1) is 11.7 Å². The molecule has 1 N–H and O–H groups in total. The quantitative estimate of drug-likeness (QED) is 0.892. The van der Waals surface area contributed by atoms with Gasteiger partial charge in [0.2, 0.25) is 0 Å². The molecule has 1 fully saturated rings. The van der Waals surface area contributed by atoms with Crippen molar-refractivity contribution in [1.82, 2.24) is 0 Å². The van der Waals surface area contributed by atoms with Crippen LogP contribution in [0.4, 0.5) is 4.39 Å². The fourth-order valence-electron chi connectivity index (χ4n) is 2.67. The van der Waals surface area contributed by atoms with Crippen molar-refractivity contribution >= 4 is 5.78 Å². The second-order valence-electron chi connectivity index (χ2n) is 5.12. The fourth-order valence-corrected chi connectivity index (χ4v) is 2.67. The van der Waals surface area contributed by atoms with Gasteiger partial charge in [0.15, 0.2) is 5.78 Å². The van der Waals surface area contributed by atoms with Gasteiger partial charge in [-0.2, -0.15) is 0 Å². The van der Waals surface area contributed by atoms with E-state index in [-0.39, 0.29) is 23.9 Å². The zero-order valence-electron chi connectivity index (χ0n) is 10.4. The lowest BCUT2D eigenvalue weighted by atomic mass is 9.83. The highest BCUT2D eigenvalue weighted by Gasteiger charge is 2.27. The van der Waals surface area contributed by atoms with E-state index in [1.165, 1.54) is 18.6 Å². The molecule has 0 bridgehead atoms. The van der Waals surface area contributed by atoms with Gasteiger partial charge in [-0.1, -0.05) is 31.4 Å². The van der Waals surface area contributed by atoms with E-state index in [0.29, 0.717) is 5.56 Å². The average molecular weight is 250 g/mol. The van der Waals surface area contributed by atoms with Crippen LogP contribution in [0.5, 0.6) is 0 Å². The Morgan fingerprint density at radius 2 is 2.06 bits per heavy atom. The van der Waals surface area contributed by atoms with Gasteiger partial charge in [0, 0.05) is 6.42 Å². The van der Waals surface area contributed by atoms with Gasteiger partial charge in [0.05, 0.1) is 0 Å². The first-order valence-corrected chi connectivity index (χ1v) is 6.62. The average Bonchev–Trinajstić information content (AvgIpc) is 2.39. The second-order valence-corrected chi connectivity index (χ2v) is 5.12. The van der Waals surface area contributed by atoms with E-state index in [1.54, 1.807) is 12.1 Å². The van der Waals surface area contributed by atoms with E-state index >= 15 is 0 Å². The Balaban J connectivity index is 1.94. The van der Waals surface area contributed by atoms with Crippen molar-refractivity contribution in [1.29, 1.82) is 0 Å². The van der Waals surface area contributed by atoms with Crippen LogP contribution in [-0.4, -0.2) is 17.0 Å². The lowest BCUT2D eigenvalue weighted by Crippen LogP contribution is -2.32. The standard InChI is InChI=1S/C15H19FO2/c16-13-8-4-5-11(9-13)10-14(17)15(18)12-6-2-1-3-7-12/h4-5,8-9,12,15,18H,1-3,6-7,10H2. The molecule has 1 aliphatic rings. The Labute approximate surface area is 107 Å². The molecule has 0 heterocycles. The fraction of sp³-hybridized carbons (Fsp3) is 0.533. The summed E-state index contributed by atoms with van der Waals surface area (Å²) >= 11 is 0. The van der Waals surface area contributed by atoms with Crippen LogP contribution in [-0.2, 0) is 11.2 Å². The molecule has 1 aromatic carbocycles. The van der Waals surface area contributed by atoms with Crippen LogP contribution in [0.2, 0.25) is 0 Å². The van der Waals surface area contributed by atoms with Crippen molar-refractivity contribution in [3.63, 3.8) is 0 Å². The second kappa shape index (κ2) is 6.10. The number of aliphatic hydroxyl groups excluding tert-OH is 1. The zero-order valence-corrected chi connectivity index (χ0v) is 10.4. The SMILES string of the molecule is O=C(Cc1cccc(F)c1)C(O)C1CCCCC1. The van der Waals surface area contributed by atoms with Crippen LogP contribution in [0.3, 0.4) is 0 Å². The molecule has 1 aliphatic carbocycles. The molecule has 18 heavy (non-hydrogen) atoms. The third-order valence-corrected chi connectivity index (χ3v) is 3.69. The summed E-state index contributed by atoms with van der Waals surface area (Å²) in [4.78, 5) is 12.0. The third-order valence-electron chi connectivity index (χ3n) is 3.69. The molecule has 2 nitrogen and oxygen atoms in total. The summed E-state index contributed by atoms with van der Waals surface area (Å²) in [5, 5.41) is 10.0. The van der Waals surface area contributed by atoms with E-state index in [1.807, 2.05) is 0 Å². The smallest absolute Gasteiger partial charge is 0.165 e. The number of ketones is 1. The van der Waals surface area contributed by atoms with Gasteiger partial charge in [-0.05, 0) is 36.5 Å². The highest BCUT2D eigenvalue weighted by atomic mass is 19.1. The molecule has 1 unspecified atom stereocenters. The summed E-state index contributed by atoms with van der Waals surface area (Å²) in [5.74, 6) is -0.431. The lowest BCUT2D eigenvalue weighted by Gasteiger charge is -2.25. The number of rotatable bonds is 4. The molecule has 1 atom stereocenters. The van der Waals surface area contributed by atoms with Gasteiger partial charge in [-0.25, -0.2) is 4.39 Å². The van der Waals surface area contributed by atoms with Crippen LogP contribution in [0.1, 0.15) is 37.7 Å². The normalized spacial score (nSPS) is 18.6. The Morgan fingerprint density at radius 1 is 1.33 bits per heavy atom. The Morgan fingerprint density at radius 3 is 2.72 bits per heavy atom. The Hall–Kier alpha value is -1.22. The molecule has 98 valence electrons. The minimum Gasteiger partial charge on any atom is -0.385 e. The first-order chi connectivity index (χ1) is 8.66. The van der Waals surface area contributed by atoms with Gasteiger partial charge < -0.3 is 5.11 Å². The van der Waals surface area contributed by atoms with Gasteiger partial charge in [-0.3, -0.25) is 4.79 Å². The van der Waals surface area contributed by atoms with Crippen LogP contribution >= 0.6 is 0 Å². The molecular formula is C15H19FO2. The predicted molar refractivity (Wildman–Crippen MR) is 67.7 cm³/mol. The van der Waals surface area contributed by atoms with Crippen molar-refractivity contribution in [3.05, 3.63) is 35.6 Å². The minimum atomic E-state index is -0.881. The van der Waals surface area contributed by atoms with Crippen molar-refractivity contribution in [2.45, 2.75) is 44.6 Å². The zero-order chi connectivity index (χ0) is 13.0. The maximum absolute atomic E-state index is 13.0. The molecule has 0 amide bonds. The number of carbonyl (C=O) groups excluding carboxylic acids is 1. The number of Topliss-reactive ketones (excluding diaryl/α,β-unsaturated/α-hetero) is 1. The lowest BCUT2D eigenvalue weighted by molar-refractivity contribution is -0.129. The number of halogens is 1. The monoisotopic (exact) mass is 250 g/mol. The summed E-state index contributed by atoms with van der Waals surface area (Å²) in [5.41, 5.74) is 0.634. The maximum Gasteiger partial charge on any atom is 0.165 e. The number of hydrogen-bond acceptors (Lipinski definition) is 2. The first-order valence-electron chi connectivity index (χ1n) is 6.62. The largest absolute Gasteiger partial charge is 0.385 e. The van der Waals surface area contributed by atoms with Gasteiger partial charge in [-0.15, -0.1) is 0 Å². The summed E-state index contributed by atoms with van der Waals surface area (Å²) in [6.07, 6.45) is 4.47. The van der Waals surface area contributed by atoms with Crippen molar-refractivity contribution in [2.24, 2.45) is 5.92 Å². The molecule has 0 aliphatic heterocycles. The Bertz CT molecular complexity index is 411. The number of aliphatic hydroxyl groups is 1. The topological polar surface area (TPSA) is 37.3 Å². The molecular weight excluding hydrogens is 231 g/mol. The molecule has 0 saturated heterocycles. The molecule has 1 saturated carbocycles. The van der Waals surface area contributed by atoms with E-state index in [4.69, 9.17) is 0 Å². The van der Waals surface area contributed by atoms with Gasteiger partial charge in [0.1, 0.15) is 11.9 Å². The predicted octanol–water partition coefficient (Wildman–Crippen LogP) is 2.88. The summed E-state index contributed by atoms with van der Waals surface area (Å²) in [6.45, 7) is 0. The van der Waals surface area contributed by atoms with Crippen LogP contribution in [0.25, 0.3) is 0 Å². The van der Waals surface area contributed by atoms with Crippen molar-refractivity contribution < 1.29 is 14.3 Å². The molecule has 1 aromatic rings. The Kier molecular flexibility index (Phi) is 4.48. The molecule has 2 rings (SSSR count).